The van der Waals surface area contributed by atoms with Crippen LogP contribution in [0.15, 0.2) is 24.5 Å². The average Bonchev–Trinajstić information content (AvgIpc) is 3.15. The predicted octanol–water partition coefficient (Wildman–Crippen LogP) is 2.37. The van der Waals surface area contributed by atoms with Gasteiger partial charge in [-0.05, 0) is 31.2 Å². The third kappa shape index (κ3) is 2.34. The van der Waals surface area contributed by atoms with Crippen LogP contribution in [0.3, 0.4) is 0 Å². The molecule has 1 atom stereocenters. The van der Waals surface area contributed by atoms with Gasteiger partial charge in [0.2, 0.25) is 0 Å². The van der Waals surface area contributed by atoms with E-state index in [2.05, 4.69) is 38.6 Å². The maximum Gasteiger partial charge on any atom is 0.157 e. The largest absolute Gasteiger partial charge is 0.367 e. The number of nitrogens with zero attached hydrogens (tertiary/aromatic N) is 4. The van der Waals surface area contributed by atoms with Crippen molar-refractivity contribution in [3.05, 3.63) is 41.5 Å². The van der Waals surface area contributed by atoms with Crippen LogP contribution >= 0.6 is 0 Å². The molecule has 0 saturated heterocycles. The summed E-state index contributed by atoms with van der Waals surface area (Å²) in [5.74, 6) is 1.04. The van der Waals surface area contributed by atoms with Crippen LogP contribution in [-0.4, -0.2) is 30.8 Å². The molecule has 0 aliphatic heterocycles. The van der Waals surface area contributed by atoms with E-state index in [0.29, 0.717) is 6.04 Å². The van der Waals surface area contributed by atoms with Gasteiger partial charge in [0.1, 0.15) is 5.82 Å². The lowest BCUT2D eigenvalue weighted by atomic mass is 9.93. The zero-order chi connectivity index (χ0) is 14.9. The standard InChI is InChI=1S/C16H20N6/c1-2-3-12-9-16(22-15(19-12)6-7-18-22)20-13-4-5-14-11(8-13)10-17-21-14/h6-7,9-10,13,20H,2-5,8H2,1H3,(H,17,21)/t13-/m0/s1. The van der Waals surface area contributed by atoms with Crippen molar-refractivity contribution in [2.24, 2.45) is 0 Å². The second-order valence-corrected chi connectivity index (χ2v) is 5.94. The second-order valence-electron chi connectivity index (χ2n) is 5.94. The summed E-state index contributed by atoms with van der Waals surface area (Å²) in [5.41, 5.74) is 4.64. The summed E-state index contributed by atoms with van der Waals surface area (Å²) >= 11 is 0. The van der Waals surface area contributed by atoms with E-state index in [9.17, 15) is 0 Å². The lowest BCUT2D eigenvalue weighted by molar-refractivity contribution is 0.599. The van der Waals surface area contributed by atoms with Gasteiger partial charge in [0, 0.05) is 29.6 Å². The summed E-state index contributed by atoms with van der Waals surface area (Å²) in [4.78, 5) is 4.65. The second kappa shape index (κ2) is 5.44. The Morgan fingerprint density at radius 3 is 3.32 bits per heavy atom. The summed E-state index contributed by atoms with van der Waals surface area (Å²) in [6.07, 6.45) is 8.98. The molecule has 1 aliphatic rings. The van der Waals surface area contributed by atoms with Crippen molar-refractivity contribution in [2.75, 3.05) is 5.32 Å². The van der Waals surface area contributed by atoms with Crippen molar-refractivity contribution in [3.63, 3.8) is 0 Å². The van der Waals surface area contributed by atoms with E-state index in [1.165, 1.54) is 11.3 Å². The molecule has 0 fully saturated rings. The highest BCUT2D eigenvalue weighted by molar-refractivity contribution is 5.50. The van der Waals surface area contributed by atoms with Crippen LogP contribution in [0.1, 0.15) is 36.7 Å². The summed E-state index contributed by atoms with van der Waals surface area (Å²) in [7, 11) is 0. The molecule has 3 heterocycles. The van der Waals surface area contributed by atoms with Crippen LogP contribution in [0.4, 0.5) is 5.82 Å². The molecule has 3 aromatic heterocycles. The lowest BCUT2D eigenvalue weighted by Crippen LogP contribution is -2.28. The van der Waals surface area contributed by atoms with Gasteiger partial charge in [0.15, 0.2) is 5.65 Å². The van der Waals surface area contributed by atoms with E-state index in [-0.39, 0.29) is 0 Å². The Morgan fingerprint density at radius 1 is 1.45 bits per heavy atom. The molecule has 1 aliphatic carbocycles. The average molecular weight is 296 g/mol. The first-order chi connectivity index (χ1) is 10.8. The Morgan fingerprint density at radius 2 is 2.41 bits per heavy atom. The number of hydrogen-bond acceptors (Lipinski definition) is 4. The number of fused-ring (bicyclic) bond motifs is 2. The summed E-state index contributed by atoms with van der Waals surface area (Å²) < 4.78 is 1.89. The van der Waals surface area contributed by atoms with Crippen molar-refractivity contribution in [2.45, 2.75) is 45.1 Å². The molecule has 22 heavy (non-hydrogen) atoms. The quantitative estimate of drug-likeness (QED) is 0.775. The molecule has 6 heteroatoms. The first kappa shape index (κ1) is 13.3. The number of aryl methyl sites for hydroxylation is 2. The van der Waals surface area contributed by atoms with E-state index in [4.69, 9.17) is 0 Å². The van der Waals surface area contributed by atoms with Gasteiger partial charge in [-0.15, -0.1) is 0 Å². The Bertz CT molecular complexity index is 787. The number of nitrogens with one attached hydrogen (secondary N) is 2. The number of aromatic amines is 1. The predicted molar refractivity (Wildman–Crippen MR) is 85.0 cm³/mol. The fourth-order valence-electron chi connectivity index (χ4n) is 3.20. The van der Waals surface area contributed by atoms with Gasteiger partial charge in [-0.2, -0.15) is 14.7 Å². The van der Waals surface area contributed by atoms with Crippen molar-refractivity contribution in [3.8, 4) is 0 Å². The molecule has 0 radical (unpaired) electrons. The minimum absolute atomic E-state index is 0.411. The van der Waals surface area contributed by atoms with Crippen LogP contribution in [0.5, 0.6) is 0 Å². The van der Waals surface area contributed by atoms with Crippen molar-refractivity contribution < 1.29 is 0 Å². The number of aromatic nitrogens is 5. The maximum atomic E-state index is 4.65. The molecule has 6 nitrogen and oxygen atoms in total. The molecule has 114 valence electrons. The molecular formula is C16H20N6. The lowest BCUT2D eigenvalue weighted by Gasteiger charge is -2.24. The number of hydrogen-bond donors (Lipinski definition) is 2. The molecule has 0 saturated carbocycles. The van der Waals surface area contributed by atoms with Crippen LogP contribution in [0.25, 0.3) is 5.65 Å². The normalized spacial score (nSPS) is 17.6. The van der Waals surface area contributed by atoms with E-state index in [1.54, 1.807) is 6.20 Å². The zero-order valence-corrected chi connectivity index (χ0v) is 12.7. The van der Waals surface area contributed by atoms with Gasteiger partial charge < -0.3 is 5.32 Å². The molecule has 2 N–H and O–H groups in total. The maximum absolute atomic E-state index is 4.65. The van der Waals surface area contributed by atoms with Crippen LogP contribution in [-0.2, 0) is 19.3 Å². The molecule has 4 rings (SSSR count). The topological polar surface area (TPSA) is 70.9 Å². The van der Waals surface area contributed by atoms with Gasteiger partial charge in [-0.1, -0.05) is 13.3 Å². The Labute approximate surface area is 129 Å². The van der Waals surface area contributed by atoms with E-state index in [1.807, 2.05) is 16.8 Å². The van der Waals surface area contributed by atoms with Crippen LogP contribution in [0, 0.1) is 0 Å². The third-order valence-electron chi connectivity index (χ3n) is 4.29. The van der Waals surface area contributed by atoms with Gasteiger partial charge >= 0.3 is 0 Å². The monoisotopic (exact) mass is 296 g/mol. The fraction of sp³-hybridized carbons (Fsp3) is 0.438. The third-order valence-corrected chi connectivity index (χ3v) is 4.29. The van der Waals surface area contributed by atoms with Gasteiger partial charge in [-0.3, -0.25) is 5.10 Å². The van der Waals surface area contributed by atoms with Crippen LogP contribution in [0.2, 0.25) is 0 Å². The summed E-state index contributed by atoms with van der Waals surface area (Å²) in [6, 6.07) is 4.50. The zero-order valence-electron chi connectivity index (χ0n) is 12.7. The molecule has 0 amide bonds. The number of anilines is 1. The summed E-state index contributed by atoms with van der Waals surface area (Å²) in [5, 5.41) is 15.3. The van der Waals surface area contributed by atoms with Crippen LogP contribution < -0.4 is 5.32 Å². The Balaban J connectivity index is 1.62. The highest BCUT2D eigenvalue weighted by Crippen LogP contribution is 2.23. The van der Waals surface area contributed by atoms with Gasteiger partial charge in [-0.25, -0.2) is 4.98 Å². The minimum atomic E-state index is 0.411. The molecule has 0 aromatic carbocycles. The molecule has 0 bridgehead atoms. The van der Waals surface area contributed by atoms with Crippen molar-refractivity contribution >= 4 is 11.5 Å². The van der Waals surface area contributed by atoms with Crippen molar-refractivity contribution in [1.29, 1.82) is 0 Å². The Kier molecular flexibility index (Phi) is 3.29. The first-order valence-corrected chi connectivity index (χ1v) is 7.95. The van der Waals surface area contributed by atoms with E-state index >= 15 is 0 Å². The molecule has 0 unspecified atom stereocenters. The van der Waals surface area contributed by atoms with E-state index < -0.39 is 0 Å². The Hall–Kier alpha value is -2.37. The SMILES string of the molecule is CCCc1cc(N[C@H]2CCc3[nH]ncc3C2)n2nccc2n1. The van der Waals surface area contributed by atoms with Gasteiger partial charge in [0.25, 0.3) is 0 Å². The van der Waals surface area contributed by atoms with E-state index in [0.717, 1.165) is 49.3 Å². The number of H-pyrrole nitrogens is 1. The summed E-state index contributed by atoms with van der Waals surface area (Å²) in [6.45, 7) is 2.18. The highest BCUT2D eigenvalue weighted by atomic mass is 15.3. The first-order valence-electron chi connectivity index (χ1n) is 7.95. The molecular weight excluding hydrogens is 276 g/mol. The minimum Gasteiger partial charge on any atom is -0.367 e. The smallest absolute Gasteiger partial charge is 0.157 e. The fourth-order valence-corrected chi connectivity index (χ4v) is 3.20. The number of rotatable bonds is 4. The van der Waals surface area contributed by atoms with Crippen molar-refractivity contribution in [1.82, 2.24) is 24.8 Å². The molecule has 0 spiro atoms. The molecule has 3 aromatic rings. The highest BCUT2D eigenvalue weighted by Gasteiger charge is 2.21. The van der Waals surface area contributed by atoms with Gasteiger partial charge in [0.05, 0.1) is 12.4 Å².